The first kappa shape index (κ1) is 15.9. The highest BCUT2D eigenvalue weighted by atomic mass is 32.1. The molecule has 1 aliphatic heterocycles. The van der Waals surface area contributed by atoms with Gasteiger partial charge in [0.1, 0.15) is 5.01 Å². The van der Waals surface area contributed by atoms with Gasteiger partial charge in [-0.1, -0.05) is 41.5 Å². The number of hydrogen-bond donors (Lipinski definition) is 2. The molecule has 1 aliphatic rings. The van der Waals surface area contributed by atoms with Crippen LogP contribution in [0.4, 0.5) is 0 Å². The van der Waals surface area contributed by atoms with Crippen molar-refractivity contribution in [1.29, 1.82) is 0 Å². The molecular weight excluding hydrogens is 306 g/mol. The maximum atomic E-state index is 12.1. The smallest absolute Gasteiger partial charge is 0.226 e. The summed E-state index contributed by atoms with van der Waals surface area (Å²) in [6.07, 6.45) is 3.50. The highest BCUT2D eigenvalue weighted by Crippen LogP contribution is 2.24. The number of amides is 1. The van der Waals surface area contributed by atoms with E-state index in [1.807, 2.05) is 5.38 Å². The van der Waals surface area contributed by atoms with Crippen LogP contribution in [0, 0.1) is 6.92 Å². The Morgan fingerprint density at radius 2 is 2.17 bits per heavy atom. The van der Waals surface area contributed by atoms with Crippen molar-refractivity contribution in [2.24, 2.45) is 0 Å². The molecule has 0 fully saturated rings. The Labute approximate surface area is 140 Å². The van der Waals surface area contributed by atoms with Gasteiger partial charge in [-0.15, -0.1) is 11.3 Å². The standard InChI is InChI=1S/C18H21N3OS/c1-13-2-4-15(5-3-13)18-21-16(12-23-18)10-17(22)20-11-14-6-8-19-9-7-14/h2-6,12,19H,7-11H2,1H3,(H,20,22). The van der Waals surface area contributed by atoms with E-state index < -0.39 is 0 Å². The molecule has 2 N–H and O–H groups in total. The summed E-state index contributed by atoms with van der Waals surface area (Å²) in [5, 5.41) is 9.19. The largest absolute Gasteiger partial charge is 0.352 e. The fourth-order valence-corrected chi connectivity index (χ4v) is 3.31. The third-order valence-corrected chi connectivity index (χ3v) is 4.80. The van der Waals surface area contributed by atoms with Crippen molar-refractivity contribution in [3.8, 4) is 10.6 Å². The van der Waals surface area contributed by atoms with E-state index in [4.69, 9.17) is 0 Å². The fourth-order valence-electron chi connectivity index (χ4n) is 2.49. The zero-order chi connectivity index (χ0) is 16.1. The summed E-state index contributed by atoms with van der Waals surface area (Å²) in [4.78, 5) is 16.6. The molecule has 0 radical (unpaired) electrons. The average Bonchev–Trinajstić information content (AvgIpc) is 3.03. The lowest BCUT2D eigenvalue weighted by Crippen LogP contribution is -2.30. The van der Waals surface area contributed by atoms with Gasteiger partial charge < -0.3 is 10.6 Å². The molecule has 5 heteroatoms. The molecule has 0 unspecified atom stereocenters. The molecule has 3 rings (SSSR count). The van der Waals surface area contributed by atoms with E-state index in [2.05, 4.69) is 52.9 Å². The van der Waals surface area contributed by atoms with Crippen LogP contribution in [0.3, 0.4) is 0 Å². The van der Waals surface area contributed by atoms with Crippen molar-refractivity contribution in [3.63, 3.8) is 0 Å². The molecular formula is C18H21N3OS. The Balaban J connectivity index is 1.55. The summed E-state index contributed by atoms with van der Waals surface area (Å²) < 4.78 is 0. The predicted octanol–water partition coefficient (Wildman–Crippen LogP) is 2.70. The van der Waals surface area contributed by atoms with Crippen molar-refractivity contribution < 1.29 is 4.79 Å². The van der Waals surface area contributed by atoms with Crippen LogP contribution in [0.25, 0.3) is 10.6 Å². The lowest BCUT2D eigenvalue weighted by molar-refractivity contribution is -0.120. The lowest BCUT2D eigenvalue weighted by Gasteiger charge is -2.14. The molecule has 0 atom stereocenters. The van der Waals surface area contributed by atoms with Gasteiger partial charge in [-0.05, 0) is 19.9 Å². The van der Waals surface area contributed by atoms with E-state index in [-0.39, 0.29) is 5.91 Å². The molecule has 0 bridgehead atoms. The molecule has 2 heterocycles. The number of carbonyl (C=O) groups excluding carboxylic acids is 1. The summed E-state index contributed by atoms with van der Waals surface area (Å²) in [6, 6.07) is 8.30. The fraction of sp³-hybridized carbons (Fsp3) is 0.333. The third-order valence-electron chi connectivity index (χ3n) is 3.86. The number of aromatic nitrogens is 1. The van der Waals surface area contributed by atoms with Crippen LogP contribution < -0.4 is 10.6 Å². The molecule has 23 heavy (non-hydrogen) atoms. The summed E-state index contributed by atoms with van der Waals surface area (Å²) in [6.45, 7) is 4.61. The quantitative estimate of drug-likeness (QED) is 0.830. The Kier molecular flexibility index (Phi) is 5.20. The average molecular weight is 327 g/mol. The lowest BCUT2D eigenvalue weighted by atomic mass is 10.1. The van der Waals surface area contributed by atoms with E-state index >= 15 is 0 Å². The number of hydrogen-bond acceptors (Lipinski definition) is 4. The first-order valence-corrected chi connectivity index (χ1v) is 8.75. The van der Waals surface area contributed by atoms with Gasteiger partial charge in [-0.25, -0.2) is 4.98 Å². The van der Waals surface area contributed by atoms with Crippen LogP contribution in [0.15, 0.2) is 41.3 Å². The first-order chi connectivity index (χ1) is 11.2. The Morgan fingerprint density at radius 1 is 1.35 bits per heavy atom. The van der Waals surface area contributed by atoms with Crippen LogP contribution in [0.2, 0.25) is 0 Å². The van der Waals surface area contributed by atoms with Gasteiger partial charge in [0.25, 0.3) is 0 Å². The molecule has 1 aromatic heterocycles. The minimum atomic E-state index is 0.0326. The van der Waals surface area contributed by atoms with Gasteiger partial charge in [-0.3, -0.25) is 4.79 Å². The van der Waals surface area contributed by atoms with E-state index in [1.54, 1.807) is 11.3 Å². The number of thiazole rings is 1. The molecule has 0 saturated carbocycles. The van der Waals surface area contributed by atoms with Crippen LogP contribution >= 0.6 is 11.3 Å². The van der Waals surface area contributed by atoms with E-state index in [1.165, 1.54) is 11.1 Å². The molecule has 120 valence electrons. The highest BCUT2D eigenvalue weighted by molar-refractivity contribution is 7.13. The molecule has 2 aromatic rings. The summed E-state index contributed by atoms with van der Waals surface area (Å²) in [7, 11) is 0. The van der Waals surface area contributed by atoms with E-state index in [0.29, 0.717) is 13.0 Å². The minimum absolute atomic E-state index is 0.0326. The van der Waals surface area contributed by atoms with Gasteiger partial charge >= 0.3 is 0 Å². The van der Waals surface area contributed by atoms with Crippen LogP contribution in [0.1, 0.15) is 17.7 Å². The van der Waals surface area contributed by atoms with E-state index in [0.717, 1.165) is 35.8 Å². The molecule has 1 aromatic carbocycles. The number of aryl methyl sites for hydroxylation is 1. The van der Waals surface area contributed by atoms with E-state index in [9.17, 15) is 4.79 Å². The SMILES string of the molecule is Cc1ccc(-c2nc(CC(=O)NCC3=CCNCC3)cs2)cc1. The van der Waals surface area contributed by atoms with Gasteiger partial charge in [0.15, 0.2) is 0 Å². The second kappa shape index (κ2) is 7.53. The molecule has 0 aliphatic carbocycles. The van der Waals surface area contributed by atoms with Crippen molar-refractivity contribution in [1.82, 2.24) is 15.6 Å². The molecule has 0 spiro atoms. The van der Waals surface area contributed by atoms with Gasteiger partial charge in [0.2, 0.25) is 5.91 Å². The Bertz CT molecular complexity index is 703. The zero-order valence-corrected chi connectivity index (χ0v) is 14.1. The van der Waals surface area contributed by atoms with Crippen molar-refractivity contribution in [2.75, 3.05) is 19.6 Å². The second-order valence-electron chi connectivity index (χ2n) is 5.78. The predicted molar refractivity (Wildman–Crippen MR) is 94.6 cm³/mol. The maximum Gasteiger partial charge on any atom is 0.226 e. The number of nitrogens with zero attached hydrogens (tertiary/aromatic N) is 1. The van der Waals surface area contributed by atoms with Crippen molar-refractivity contribution >= 4 is 17.2 Å². The third kappa shape index (κ3) is 4.50. The maximum absolute atomic E-state index is 12.1. The summed E-state index contributed by atoms with van der Waals surface area (Å²) in [5.74, 6) is 0.0326. The van der Waals surface area contributed by atoms with Crippen LogP contribution in [0.5, 0.6) is 0 Å². The monoisotopic (exact) mass is 327 g/mol. The Hall–Kier alpha value is -1.98. The summed E-state index contributed by atoms with van der Waals surface area (Å²) >= 11 is 1.59. The van der Waals surface area contributed by atoms with Gasteiger partial charge in [0, 0.05) is 24.0 Å². The summed E-state index contributed by atoms with van der Waals surface area (Å²) in [5.41, 5.74) is 4.47. The molecule has 0 saturated heterocycles. The minimum Gasteiger partial charge on any atom is -0.352 e. The van der Waals surface area contributed by atoms with Gasteiger partial charge in [0.05, 0.1) is 12.1 Å². The van der Waals surface area contributed by atoms with Gasteiger partial charge in [-0.2, -0.15) is 0 Å². The number of carbonyl (C=O) groups is 1. The normalized spacial score (nSPS) is 14.4. The van der Waals surface area contributed by atoms with Crippen LogP contribution in [-0.2, 0) is 11.2 Å². The number of nitrogens with one attached hydrogen (secondary N) is 2. The molecule has 4 nitrogen and oxygen atoms in total. The number of benzene rings is 1. The van der Waals surface area contributed by atoms with Crippen molar-refractivity contribution in [2.45, 2.75) is 19.8 Å². The highest BCUT2D eigenvalue weighted by Gasteiger charge is 2.10. The second-order valence-corrected chi connectivity index (χ2v) is 6.64. The zero-order valence-electron chi connectivity index (χ0n) is 13.3. The van der Waals surface area contributed by atoms with Crippen LogP contribution in [-0.4, -0.2) is 30.5 Å². The molecule has 1 amide bonds. The topological polar surface area (TPSA) is 54.0 Å². The van der Waals surface area contributed by atoms with Crippen molar-refractivity contribution in [3.05, 3.63) is 52.6 Å². The number of rotatable bonds is 5. The Morgan fingerprint density at radius 3 is 2.91 bits per heavy atom. The first-order valence-electron chi connectivity index (χ1n) is 7.87.